The predicted octanol–water partition coefficient (Wildman–Crippen LogP) is 0.393. The van der Waals surface area contributed by atoms with Crippen molar-refractivity contribution in [2.24, 2.45) is 0 Å². The van der Waals surface area contributed by atoms with Crippen molar-refractivity contribution >= 4 is 36.3 Å². The molecule has 216 valence electrons. The normalized spacial score (nSPS) is 24.2. The fourth-order valence-corrected chi connectivity index (χ4v) is 5.39. The van der Waals surface area contributed by atoms with Crippen LogP contribution in [0.2, 0.25) is 0 Å². The molecule has 0 unspecified atom stereocenters. The molecule has 13 nitrogen and oxygen atoms in total. The maximum Gasteiger partial charge on any atom is 0.264 e. The Labute approximate surface area is 227 Å². The molecular formula is C23H29NO12S3. The fourth-order valence-electron chi connectivity index (χ4n) is 3.73. The smallest absolute Gasteiger partial charge is 0.264 e. The molecule has 1 N–H and O–H groups in total. The summed E-state index contributed by atoms with van der Waals surface area (Å²) in [6, 6.07) is 15.2. The fraction of sp³-hybridized carbons (Fsp3) is 0.435. The Hall–Kier alpha value is -2.44. The number of carbonyl (C=O) groups excluding carboxylic acids is 1. The minimum absolute atomic E-state index is 0.0773. The van der Waals surface area contributed by atoms with Crippen LogP contribution in [-0.2, 0) is 59.0 Å². The van der Waals surface area contributed by atoms with Gasteiger partial charge in [-0.15, -0.1) is 0 Å². The minimum atomic E-state index is -4.30. The third-order valence-electron chi connectivity index (χ3n) is 5.26. The quantitative estimate of drug-likeness (QED) is 0.329. The van der Waals surface area contributed by atoms with Crippen molar-refractivity contribution in [1.29, 1.82) is 0 Å². The van der Waals surface area contributed by atoms with Crippen LogP contribution in [0.25, 0.3) is 0 Å². The lowest BCUT2D eigenvalue weighted by Crippen LogP contribution is -2.66. The van der Waals surface area contributed by atoms with Gasteiger partial charge < -0.3 is 14.8 Å². The van der Waals surface area contributed by atoms with Crippen molar-refractivity contribution in [3.63, 3.8) is 0 Å². The van der Waals surface area contributed by atoms with Gasteiger partial charge in [0.2, 0.25) is 0 Å². The van der Waals surface area contributed by atoms with Crippen molar-refractivity contribution in [2.75, 3.05) is 25.4 Å². The second-order valence-corrected chi connectivity index (χ2v) is 13.6. The van der Waals surface area contributed by atoms with Crippen molar-refractivity contribution in [3.8, 4) is 0 Å². The second-order valence-electron chi connectivity index (χ2n) is 8.72. The molecule has 1 aliphatic rings. The highest BCUT2D eigenvalue weighted by Gasteiger charge is 2.52. The van der Waals surface area contributed by atoms with E-state index in [1.54, 1.807) is 48.5 Å². The third-order valence-corrected chi connectivity index (χ3v) is 6.96. The molecule has 3 rings (SSSR count). The summed E-state index contributed by atoms with van der Waals surface area (Å²) in [7, 11) is -12.6. The molecule has 1 heterocycles. The van der Waals surface area contributed by atoms with Crippen LogP contribution in [0.5, 0.6) is 0 Å². The second kappa shape index (κ2) is 12.8. The molecular weight excluding hydrogens is 578 g/mol. The summed E-state index contributed by atoms with van der Waals surface area (Å²) in [6.45, 7) is -0.848. The zero-order chi connectivity index (χ0) is 28.8. The summed E-state index contributed by atoms with van der Waals surface area (Å²) < 4.78 is 99.1. The molecule has 1 fully saturated rings. The van der Waals surface area contributed by atoms with Crippen molar-refractivity contribution < 1.29 is 52.1 Å². The Morgan fingerprint density at radius 1 is 0.795 bits per heavy atom. The molecule has 1 amide bonds. The molecule has 0 aliphatic carbocycles. The molecule has 0 bridgehead atoms. The van der Waals surface area contributed by atoms with E-state index in [0.717, 1.165) is 12.5 Å². The zero-order valence-electron chi connectivity index (χ0n) is 21.2. The van der Waals surface area contributed by atoms with E-state index in [9.17, 15) is 30.0 Å². The van der Waals surface area contributed by atoms with Gasteiger partial charge in [0.25, 0.3) is 36.3 Å². The number of hydrogen-bond donors (Lipinski definition) is 1. The van der Waals surface area contributed by atoms with Gasteiger partial charge in [0, 0.05) is 5.56 Å². The van der Waals surface area contributed by atoms with E-state index in [1.807, 2.05) is 0 Å². The SMILES string of the molecule is CS(=O)(=O)OC[C@@H]1O[C@@H](OCc2ccccc2)[C@@H](NC(=O)c2ccccc2)[C@@H](OS(C)(=O)=O)[C@@H]1OS(C)(=O)=O. The number of hydrogen-bond acceptors (Lipinski definition) is 12. The molecule has 0 saturated carbocycles. The van der Waals surface area contributed by atoms with Crippen LogP contribution in [0.4, 0.5) is 0 Å². The Morgan fingerprint density at radius 2 is 1.33 bits per heavy atom. The average Bonchev–Trinajstić information content (AvgIpc) is 2.83. The van der Waals surface area contributed by atoms with E-state index in [0.29, 0.717) is 11.8 Å². The monoisotopic (exact) mass is 607 g/mol. The van der Waals surface area contributed by atoms with Gasteiger partial charge in [0.15, 0.2) is 6.29 Å². The third kappa shape index (κ3) is 10.2. The highest BCUT2D eigenvalue weighted by atomic mass is 32.2. The first-order valence-electron chi connectivity index (χ1n) is 11.4. The number of benzene rings is 2. The molecule has 16 heteroatoms. The van der Waals surface area contributed by atoms with Gasteiger partial charge >= 0.3 is 0 Å². The van der Waals surface area contributed by atoms with Crippen molar-refractivity contribution in [2.45, 2.75) is 37.3 Å². The predicted molar refractivity (Wildman–Crippen MR) is 138 cm³/mol. The van der Waals surface area contributed by atoms with Gasteiger partial charge in [-0.25, -0.2) is 0 Å². The molecule has 1 aliphatic heterocycles. The zero-order valence-corrected chi connectivity index (χ0v) is 23.6. The van der Waals surface area contributed by atoms with Crippen LogP contribution in [0.3, 0.4) is 0 Å². The standard InChI is InChI=1S/C23H29NO12S3/c1-37(26,27)33-15-18-20(35-38(2,28)29)21(36-39(3,30)31)19(24-22(25)17-12-8-5-9-13-17)23(34-18)32-14-16-10-6-4-7-11-16/h4-13,18-21,23H,14-15H2,1-3H3,(H,24,25)/t18-,19-,20+,21+,23+/m0/s1. The molecule has 2 aromatic rings. The highest BCUT2D eigenvalue weighted by molar-refractivity contribution is 7.86. The lowest BCUT2D eigenvalue weighted by molar-refractivity contribution is -0.261. The van der Waals surface area contributed by atoms with Gasteiger partial charge in [-0.1, -0.05) is 48.5 Å². The van der Waals surface area contributed by atoms with E-state index < -0.39 is 73.5 Å². The number of nitrogens with one attached hydrogen (secondary N) is 1. The van der Waals surface area contributed by atoms with Crippen LogP contribution < -0.4 is 5.32 Å². The van der Waals surface area contributed by atoms with Gasteiger partial charge in [-0.3, -0.25) is 17.3 Å². The highest BCUT2D eigenvalue weighted by Crippen LogP contribution is 2.30. The van der Waals surface area contributed by atoms with Crippen LogP contribution in [0.1, 0.15) is 15.9 Å². The van der Waals surface area contributed by atoms with Gasteiger partial charge in [-0.05, 0) is 17.7 Å². The average molecular weight is 608 g/mol. The summed E-state index contributed by atoms with van der Waals surface area (Å²) >= 11 is 0. The molecule has 5 atom stereocenters. The van der Waals surface area contributed by atoms with Crippen LogP contribution in [0.15, 0.2) is 60.7 Å². The first-order chi connectivity index (χ1) is 18.1. The van der Waals surface area contributed by atoms with E-state index >= 15 is 0 Å². The van der Waals surface area contributed by atoms with E-state index in [1.165, 1.54) is 12.1 Å². The molecule has 39 heavy (non-hydrogen) atoms. The summed E-state index contributed by atoms with van der Waals surface area (Å²) in [5.74, 6) is -0.677. The first kappa shape index (κ1) is 31.1. The van der Waals surface area contributed by atoms with Gasteiger partial charge in [0.05, 0.1) is 32.0 Å². The Balaban J connectivity index is 2.05. The van der Waals surface area contributed by atoms with E-state index in [4.69, 9.17) is 22.0 Å². The van der Waals surface area contributed by atoms with Gasteiger partial charge in [-0.2, -0.15) is 25.3 Å². The summed E-state index contributed by atoms with van der Waals surface area (Å²) in [6.07, 6.45) is -4.31. The number of rotatable bonds is 12. The van der Waals surface area contributed by atoms with E-state index in [-0.39, 0.29) is 12.2 Å². The topological polar surface area (TPSA) is 178 Å². The number of carbonyl (C=O) groups is 1. The van der Waals surface area contributed by atoms with Gasteiger partial charge in [0.1, 0.15) is 24.4 Å². The molecule has 1 saturated heterocycles. The summed E-state index contributed by atoms with van der Waals surface area (Å²) in [5, 5.41) is 2.59. The van der Waals surface area contributed by atoms with Crippen molar-refractivity contribution in [1.82, 2.24) is 5.32 Å². The maximum atomic E-state index is 13.1. The van der Waals surface area contributed by atoms with Crippen LogP contribution in [0, 0.1) is 0 Å². The largest absolute Gasteiger partial charge is 0.346 e. The Kier molecular flexibility index (Phi) is 10.2. The molecule has 0 radical (unpaired) electrons. The summed E-state index contributed by atoms with van der Waals surface area (Å²) in [5.41, 5.74) is 0.883. The lowest BCUT2D eigenvalue weighted by Gasteiger charge is -2.44. The maximum absolute atomic E-state index is 13.1. The Bertz CT molecular complexity index is 1430. The van der Waals surface area contributed by atoms with E-state index in [2.05, 4.69) is 5.32 Å². The lowest BCUT2D eigenvalue weighted by atomic mass is 9.96. The molecule has 2 aromatic carbocycles. The molecule has 0 spiro atoms. The number of amides is 1. The molecule has 0 aromatic heterocycles. The van der Waals surface area contributed by atoms with Crippen molar-refractivity contribution in [3.05, 3.63) is 71.8 Å². The summed E-state index contributed by atoms with van der Waals surface area (Å²) in [4.78, 5) is 13.1. The van der Waals surface area contributed by atoms with Crippen LogP contribution in [-0.4, -0.2) is 87.2 Å². The Morgan fingerprint density at radius 3 is 1.87 bits per heavy atom. The number of ether oxygens (including phenoxy) is 2. The van der Waals surface area contributed by atoms with Crippen LogP contribution >= 0.6 is 0 Å². The first-order valence-corrected chi connectivity index (χ1v) is 16.8. The minimum Gasteiger partial charge on any atom is -0.346 e.